The molecule has 0 unspecified atom stereocenters. The number of aromatic nitrogens is 2. The lowest BCUT2D eigenvalue weighted by molar-refractivity contribution is -0.384. The standard InChI is InChI=1S/C43H44ClFN8O4S2/c1-50(2)18-17-33(28-58-35-11-7-4-8-12-35)48-39-16-14-36(26-41(39)53(54)55)59(56,57)49-43-42-38(45)24-34(25-40(42)46-29-47-43)52-21-19-51(20-22-52)27-31-23-32(44)13-15-37(31)30-9-5-3-6-10-30/h3-16,23-26,29,33,48H,17-22,27-28H2,1-2H3,(H,46,47,49)/t33-/m1/s1. The molecule has 1 aliphatic rings. The van der Waals surface area contributed by atoms with Gasteiger partial charge in [-0.1, -0.05) is 66.2 Å². The zero-order chi connectivity index (χ0) is 41.5. The number of rotatable bonds is 16. The first-order valence-corrected chi connectivity index (χ1v) is 21.9. The number of hydrogen-bond donors (Lipinski definition) is 2. The second kappa shape index (κ2) is 18.7. The van der Waals surface area contributed by atoms with E-state index in [0.717, 1.165) is 53.6 Å². The smallest absolute Gasteiger partial charge is 0.293 e. The summed E-state index contributed by atoms with van der Waals surface area (Å²) < 4.78 is 45.8. The number of benzene rings is 5. The van der Waals surface area contributed by atoms with E-state index in [2.05, 4.69) is 41.9 Å². The molecule has 0 saturated carbocycles. The third-order valence-corrected chi connectivity index (χ3v) is 12.9. The van der Waals surface area contributed by atoms with E-state index in [0.29, 0.717) is 42.5 Å². The molecule has 16 heteroatoms. The quantitative estimate of drug-likeness (QED) is 0.0550. The second-order valence-electron chi connectivity index (χ2n) is 14.6. The molecular weight excluding hydrogens is 811 g/mol. The van der Waals surface area contributed by atoms with Crippen molar-refractivity contribution < 1.29 is 17.7 Å². The molecule has 1 atom stereocenters. The molecule has 12 nitrogen and oxygen atoms in total. The highest BCUT2D eigenvalue weighted by Crippen LogP contribution is 2.34. The number of piperazine rings is 1. The van der Waals surface area contributed by atoms with Crippen molar-refractivity contribution in [3.8, 4) is 11.1 Å². The molecule has 0 spiro atoms. The van der Waals surface area contributed by atoms with Crippen molar-refractivity contribution in [1.82, 2.24) is 19.8 Å². The second-order valence-corrected chi connectivity index (χ2v) is 17.8. The van der Waals surface area contributed by atoms with Crippen molar-refractivity contribution in [3.05, 3.63) is 142 Å². The summed E-state index contributed by atoms with van der Waals surface area (Å²) >= 11 is 8.03. The zero-order valence-electron chi connectivity index (χ0n) is 32.6. The normalized spacial score (nSPS) is 14.1. The molecule has 0 aliphatic carbocycles. The Kier molecular flexibility index (Phi) is 13.3. The lowest BCUT2D eigenvalue weighted by atomic mass is 9.99. The van der Waals surface area contributed by atoms with E-state index in [1.807, 2.05) is 85.7 Å². The summed E-state index contributed by atoms with van der Waals surface area (Å²) in [5.41, 5.74) is 3.99. The van der Waals surface area contributed by atoms with Gasteiger partial charge in [0.15, 0.2) is 5.82 Å². The fourth-order valence-electron chi connectivity index (χ4n) is 7.07. The van der Waals surface area contributed by atoms with Crippen molar-refractivity contribution in [3.63, 3.8) is 0 Å². The van der Waals surface area contributed by atoms with Gasteiger partial charge in [-0.15, -0.1) is 11.8 Å². The van der Waals surface area contributed by atoms with Gasteiger partial charge in [0.2, 0.25) is 0 Å². The first-order valence-electron chi connectivity index (χ1n) is 19.1. The minimum atomic E-state index is -4.45. The van der Waals surface area contributed by atoms with Crippen molar-refractivity contribution in [1.29, 1.82) is 0 Å². The van der Waals surface area contributed by atoms with Crippen LogP contribution < -0.4 is 14.9 Å². The maximum atomic E-state index is 16.0. The van der Waals surface area contributed by atoms with Crippen LogP contribution in [-0.2, 0) is 16.6 Å². The molecule has 7 rings (SSSR count). The summed E-state index contributed by atoms with van der Waals surface area (Å²) in [5.74, 6) is -0.348. The molecule has 0 bridgehead atoms. The number of halogens is 2. The van der Waals surface area contributed by atoms with Gasteiger partial charge in [0, 0.05) is 66.2 Å². The highest BCUT2D eigenvalue weighted by Gasteiger charge is 2.26. The van der Waals surface area contributed by atoms with Gasteiger partial charge in [-0.2, -0.15) is 0 Å². The van der Waals surface area contributed by atoms with Crippen LogP contribution in [0.25, 0.3) is 22.0 Å². The average molecular weight is 855 g/mol. The van der Waals surface area contributed by atoms with Crippen LogP contribution in [0.4, 0.5) is 27.3 Å². The van der Waals surface area contributed by atoms with E-state index >= 15 is 4.39 Å². The Balaban J connectivity index is 1.05. The first kappa shape index (κ1) is 41.8. The van der Waals surface area contributed by atoms with Gasteiger partial charge < -0.3 is 15.1 Å². The van der Waals surface area contributed by atoms with Crippen LogP contribution in [0, 0.1) is 15.9 Å². The first-order chi connectivity index (χ1) is 28.4. The van der Waals surface area contributed by atoms with Crippen LogP contribution in [0.1, 0.15) is 12.0 Å². The number of nitrogens with one attached hydrogen (secondary N) is 2. The van der Waals surface area contributed by atoms with Gasteiger partial charge in [-0.25, -0.2) is 22.8 Å². The lowest BCUT2D eigenvalue weighted by Crippen LogP contribution is -2.46. The van der Waals surface area contributed by atoms with E-state index in [4.69, 9.17) is 11.6 Å². The Morgan fingerprint density at radius 3 is 2.37 bits per heavy atom. The zero-order valence-corrected chi connectivity index (χ0v) is 35.0. The highest BCUT2D eigenvalue weighted by molar-refractivity contribution is 7.99. The average Bonchev–Trinajstić information content (AvgIpc) is 3.22. The Morgan fingerprint density at radius 2 is 1.66 bits per heavy atom. The Morgan fingerprint density at radius 1 is 0.932 bits per heavy atom. The molecule has 2 N–H and O–H groups in total. The molecule has 0 amide bonds. The van der Waals surface area contributed by atoms with Gasteiger partial charge >= 0.3 is 0 Å². The van der Waals surface area contributed by atoms with E-state index in [-0.39, 0.29) is 33.3 Å². The molecule has 1 aliphatic heterocycles. The van der Waals surface area contributed by atoms with Crippen LogP contribution in [-0.4, -0.2) is 91.7 Å². The fraction of sp³-hybridized carbons (Fsp3) is 0.256. The van der Waals surface area contributed by atoms with Gasteiger partial charge in [0.1, 0.15) is 17.8 Å². The topological polar surface area (TPSA) is 137 Å². The number of hydrogen-bond acceptors (Lipinski definition) is 11. The summed E-state index contributed by atoms with van der Waals surface area (Å²) in [6.45, 7) is 4.14. The summed E-state index contributed by atoms with van der Waals surface area (Å²) in [7, 11) is -0.542. The Labute approximate surface area is 352 Å². The molecule has 1 fully saturated rings. The molecule has 306 valence electrons. The van der Waals surface area contributed by atoms with Crippen LogP contribution in [0.3, 0.4) is 0 Å². The fourth-order valence-corrected chi connectivity index (χ4v) is 9.30. The van der Waals surface area contributed by atoms with Crippen LogP contribution in [0.15, 0.2) is 125 Å². The molecule has 6 aromatic rings. The summed E-state index contributed by atoms with van der Waals surface area (Å²) in [6, 6.07) is 32.6. The molecule has 2 heterocycles. The van der Waals surface area contributed by atoms with Gasteiger partial charge in [-0.05, 0) is 92.3 Å². The summed E-state index contributed by atoms with van der Waals surface area (Å²) in [6.07, 6.45) is 1.85. The van der Waals surface area contributed by atoms with Gasteiger partial charge in [0.25, 0.3) is 15.7 Å². The molecule has 1 saturated heterocycles. The minimum Gasteiger partial charge on any atom is -0.376 e. The van der Waals surface area contributed by atoms with Crippen LogP contribution in [0.5, 0.6) is 0 Å². The maximum Gasteiger partial charge on any atom is 0.293 e. The molecule has 1 aromatic heterocycles. The third-order valence-electron chi connectivity index (χ3n) is 10.1. The predicted octanol–water partition coefficient (Wildman–Crippen LogP) is 8.65. The number of anilines is 3. The number of nitrogens with zero attached hydrogens (tertiary/aromatic N) is 6. The van der Waals surface area contributed by atoms with Crippen LogP contribution >= 0.6 is 23.4 Å². The summed E-state index contributed by atoms with van der Waals surface area (Å²) in [4.78, 5) is 27.2. The Bertz CT molecular complexity index is 2530. The van der Waals surface area contributed by atoms with Gasteiger partial charge in [0.05, 0.1) is 20.7 Å². The predicted molar refractivity (Wildman–Crippen MR) is 236 cm³/mol. The monoisotopic (exact) mass is 854 g/mol. The van der Waals surface area contributed by atoms with Gasteiger partial charge in [-0.3, -0.25) is 19.7 Å². The minimum absolute atomic E-state index is 0.111. The Hall–Kier alpha value is -5.32. The van der Waals surface area contributed by atoms with E-state index in [1.165, 1.54) is 18.2 Å². The van der Waals surface area contributed by atoms with Crippen LogP contribution in [0.2, 0.25) is 5.02 Å². The van der Waals surface area contributed by atoms with Crippen molar-refractivity contribution in [2.24, 2.45) is 0 Å². The lowest BCUT2D eigenvalue weighted by Gasteiger charge is -2.36. The van der Waals surface area contributed by atoms with Crippen molar-refractivity contribution in [2.75, 3.05) is 67.5 Å². The number of thioether (sulfide) groups is 1. The number of sulfonamides is 1. The highest BCUT2D eigenvalue weighted by atomic mass is 35.5. The number of nitro benzene ring substituents is 1. The van der Waals surface area contributed by atoms with Crippen molar-refractivity contribution in [2.45, 2.75) is 28.8 Å². The summed E-state index contributed by atoms with van der Waals surface area (Å²) in [5, 5.41) is 16.2. The van der Waals surface area contributed by atoms with E-state index in [1.54, 1.807) is 17.8 Å². The number of fused-ring (bicyclic) bond motifs is 1. The largest absolute Gasteiger partial charge is 0.376 e. The third kappa shape index (κ3) is 10.5. The molecular formula is C43H44ClFN8O4S2. The molecule has 59 heavy (non-hydrogen) atoms. The molecule has 0 radical (unpaired) electrons. The number of nitro groups is 1. The molecule has 5 aromatic carbocycles. The maximum absolute atomic E-state index is 16.0. The van der Waals surface area contributed by atoms with Crippen molar-refractivity contribution >= 4 is 67.2 Å². The van der Waals surface area contributed by atoms with E-state index < -0.39 is 26.5 Å². The SMILES string of the molecule is CN(C)CC[C@H](CSc1ccccc1)Nc1ccc(S(=O)(=O)Nc2ncnc3cc(N4CCN(Cc5cc(Cl)ccc5-c5ccccc5)CC4)cc(F)c23)cc1[N+](=O)[O-]. The van der Waals surface area contributed by atoms with E-state index in [9.17, 15) is 18.5 Å².